The smallest absolute Gasteiger partial charge is 0.338 e. The molecule has 2 unspecified atom stereocenters. The predicted molar refractivity (Wildman–Crippen MR) is 242 cm³/mol. The van der Waals surface area contributed by atoms with Gasteiger partial charge in [0.2, 0.25) is 11.5 Å². The predicted octanol–water partition coefficient (Wildman–Crippen LogP) is 8.27. The van der Waals surface area contributed by atoms with Crippen LogP contribution in [0.25, 0.3) is 0 Å². The number of ether oxygens (including phenoxy) is 16. The molecule has 0 saturated carbocycles. The molecule has 1 aliphatic rings. The molecule has 2 aromatic carbocycles. The lowest BCUT2D eigenvalue weighted by Gasteiger charge is -2.45. The van der Waals surface area contributed by atoms with Gasteiger partial charge in [-0.15, -0.1) is 0 Å². The third-order valence-corrected chi connectivity index (χ3v) is 9.94. The van der Waals surface area contributed by atoms with Gasteiger partial charge >= 0.3 is 11.9 Å². The minimum Gasteiger partial charge on any atom is -0.486 e. The van der Waals surface area contributed by atoms with E-state index in [4.69, 9.17) is 75.8 Å². The molecule has 0 bridgehead atoms. The van der Waals surface area contributed by atoms with Gasteiger partial charge in [0.25, 0.3) is 0 Å². The quantitative estimate of drug-likeness (QED) is 0.0358. The van der Waals surface area contributed by atoms with Gasteiger partial charge in [0, 0.05) is 48.3 Å². The van der Waals surface area contributed by atoms with Crippen molar-refractivity contribution in [3.05, 3.63) is 35.4 Å². The monoisotopic (exact) mass is 941 g/mol. The van der Waals surface area contributed by atoms with Crippen molar-refractivity contribution in [2.24, 2.45) is 0 Å². The summed E-state index contributed by atoms with van der Waals surface area (Å²) < 4.78 is 94.8. The van der Waals surface area contributed by atoms with Crippen LogP contribution < -0.4 is 28.4 Å². The summed E-state index contributed by atoms with van der Waals surface area (Å²) in [6, 6.07) is 5.94. The maximum Gasteiger partial charge on any atom is 0.338 e. The van der Waals surface area contributed by atoms with Crippen molar-refractivity contribution in [3.63, 3.8) is 0 Å². The lowest BCUT2D eigenvalue weighted by Crippen LogP contribution is -2.62. The summed E-state index contributed by atoms with van der Waals surface area (Å²) >= 11 is 0. The van der Waals surface area contributed by atoms with Gasteiger partial charge in [-0.2, -0.15) is 0 Å². The molecule has 0 aliphatic carbocycles. The molecule has 0 amide bonds. The highest BCUT2D eigenvalue weighted by molar-refractivity contribution is 5.92. The van der Waals surface area contributed by atoms with Gasteiger partial charge < -0.3 is 75.8 Å². The van der Waals surface area contributed by atoms with E-state index in [0.29, 0.717) is 39.5 Å². The molecule has 0 aromatic heterocycles. The van der Waals surface area contributed by atoms with E-state index in [1.807, 2.05) is 20.8 Å². The molecule has 0 N–H and O–H groups in total. The number of benzene rings is 2. The van der Waals surface area contributed by atoms with Crippen LogP contribution in [0.15, 0.2) is 24.3 Å². The zero-order chi connectivity index (χ0) is 47.9. The molecule has 66 heavy (non-hydrogen) atoms. The van der Waals surface area contributed by atoms with E-state index in [0.717, 1.165) is 57.8 Å². The number of hydrogen-bond donors (Lipinski definition) is 0. The lowest BCUT2D eigenvalue weighted by atomic mass is 9.97. The molecule has 3 rings (SSSR count). The Kier molecular flexibility index (Phi) is 28.4. The van der Waals surface area contributed by atoms with E-state index >= 15 is 0 Å². The Labute approximate surface area is 391 Å². The minimum atomic E-state index is -1.19. The molecule has 1 fully saturated rings. The average molecular weight is 941 g/mol. The largest absolute Gasteiger partial charge is 0.486 e. The van der Waals surface area contributed by atoms with Crippen molar-refractivity contribution < 1.29 is 85.4 Å². The number of unbranched alkanes of at least 4 members (excludes halogenated alkanes) is 5. The van der Waals surface area contributed by atoms with Gasteiger partial charge in [0.1, 0.15) is 24.9 Å². The van der Waals surface area contributed by atoms with Crippen LogP contribution in [0, 0.1) is 0 Å². The van der Waals surface area contributed by atoms with Crippen LogP contribution in [0.4, 0.5) is 0 Å². The van der Waals surface area contributed by atoms with Gasteiger partial charge in [-0.25, -0.2) is 9.59 Å². The number of esters is 2. The molecular formula is C48H76O18. The van der Waals surface area contributed by atoms with Crippen LogP contribution >= 0.6 is 0 Å². The van der Waals surface area contributed by atoms with E-state index < -0.39 is 49.3 Å². The van der Waals surface area contributed by atoms with Crippen molar-refractivity contribution in [2.45, 2.75) is 130 Å². The summed E-state index contributed by atoms with van der Waals surface area (Å²) in [5.41, 5.74) is 0.122. The van der Waals surface area contributed by atoms with E-state index in [-0.39, 0.29) is 72.8 Å². The Bertz CT molecular complexity index is 1580. The first kappa shape index (κ1) is 56.2. The maximum absolute atomic E-state index is 14.6. The highest BCUT2D eigenvalue weighted by Gasteiger charge is 2.51. The number of rotatable bonds is 37. The van der Waals surface area contributed by atoms with Crippen LogP contribution in [0.3, 0.4) is 0 Å². The highest BCUT2D eigenvalue weighted by atomic mass is 16.7. The number of carbonyl (C=O) groups excluding carboxylic acids is 2. The van der Waals surface area contributed by atoms with Gasteiger partial charge in [-0.3, -0.25) is 0 Å². The third-order valence-electron chi connectivity index (χ3n) is 9.94. The van der Waals surface area contributed by atoms with Gasteiger partial charge in [0.15, 0.2) is 62.6 Å². The van der Waals surface area contributed by atoms with Crippen LogP contribution in [-0.4, -0.2) is 138 Å². The third kappa shape index (κ3) is 18.5. The molecule has 1 heterocycles. The summed E-state index contributed by atoms with van der Waals surface area (Å²) in [6.07, 6.45) is 3.07. The molecule has 0 spiro atoms. The number of methoxy groups -OCH3 is 4. The molecule has 18 heteroatoms. The van der Waals surface area contributed by atoms with Crippen molar-refractivity contribution in [3.8, 4) is 34.5 Å². The number of carbonyl (C=O) groups is 2. The first-order valence-corrected chi connectivity index (χ1v) is 23.2. The van der Waals surface area contributed by atoms with E-state index in [2.05, 4.69) is 13.8 Å². The molecule has 18 nitrogen and oxygen atoms in total. The zero-order valence-corrected chi connectivity index (χ0v) is 40.7. The molecule has 1 aliphatic heterocycles. The van der Waals surface area contributed by atoms with Crippen molar-refractivity contribution in [1.82, 2.24) is 0 Å². The molecule has 1 saturated heterocycles. The Balaban J connectivity index is 2.15. The molecular weight excluding hydrogens is 865 g/mol. The Morgan fingerprint density at radius 3 is 1.26 bits per heavy atom. The summed E-state index contributed by atoms with van der Waals surface area (Å²) in [6.45, 7) is 11.1. The van der Waals surface area contributed by atoms with Crippen LogP contribution in [0.1, 0.15) is 120 Å². The van der Waals surface area contributed by atoms with Crippen LogP contribution in [-0.2, 0) is 47.4 Å². The maximum atomic E-state index is 14.6. The fourth-order valence-corrected chi connectivity index (χ4v) is 6.39. The minimum absolute atomic E-state index is 0.0521. The molecule has 376 valence electrons. The average Bonchev–Trinajstić information content (AvgIpc) is 3.32. The van der Waals surface area contributed by atoms with Crippen LogP contribution in [0.5, 0.6) is 34.5 Å². The van der Waals surface area contributed by atoms with Gasteiger partial charge in [-0.1, -0.05) is 66.7 Å². The van der Waals surface area contributed by atoms with Crippen LogP contribution in [0.2, 0.25) is 0 Å². The second-order valence-electron chi connectivity index (χ2n) is 15.3. The zero-order valence-electron chi connectivity index (χ0n) is 40.7. The summed E-state index contributed by atoms with van der Waals surface area (Å²) in [5, 5.41) is 0. The molecule has 0 radical (unpaired) electrons. The topological polar surface area (TPSA) is 182 Å². The van der Waals surface area contributed by atoms with E-state index in [1.165, 1.54) is 52.7 Å². The van der Waals surface area contributed by atoms with E-state index in [9.17, 15) is 9.59 Å². The standard InChI is InChI=1S/C48H76O18/c1-10-15-20-55-41-36(61-30-51-6)25-34(26-37(41)62-31-52-7)46(49)60-29-40-43(44(57-22-17-12-3)45(58-23-18-13-4)48(65-40)59-24-19-14-5)66-47(50)35-27-38(63-32-53-8)42(56-21-16-11-2)39(28-35)64-33-54-9/h25-28,40,43-45,48H,10-24,29-33H2,1-9H3/t40?,43-,44?,45+,48-/m1/s1. The van der Waals surface area contributed by atoms with Gasteiger partial charge in [-0.05, 0) is 56.4 Å². The first-order chi connectivity index (χ1) is 32.2. The second-order valence-corrected chi connectivity index (χ2v) is 15.3. The first-order valence-electron chi connectivity index (χ1n) is 23.2. The second kappa shape index (κ2) is 33.4. The highest BCUT2D eigenvalue weighted by Crippen LogP contribution is 2.41. The lowest BCUT2D eigenvalue weighted by molar-refractivity contribution is -0.315. The number of hydrogen-bond acceptors (Lipinski definition) is 18. The summed E-state index contributed by atoms with van der Waals surface area (Å²) in [7, 11) is 5.91. The van der Waals surface area contributed by atoms with E-state index in [1.54, 1.807) is 0 Å². The Hall–Kier alpha value is -4.14. The summed E-state index contributed by atoms with van der Waals surface area (Å²) in [5.74, 6) is -0.251. The SMILES string of the molecule is CCCCOc1c(OCOC)cc(C(=O)OCC2O[C@@H](OCCCC)[C@@H](OCCCC)C(OCCCC)[C@@H]2OC(=O)c2cc(OCOC)c(OCCCC)c(OCOC)c2)cc1OCOC. The fraction of sp³-hybridized carbons (Fsp3) is 0.708. The molecule has 2 aromatic rings. The molecule has 5 atom stereocenters. The Morgan fingerprint density at radius 2 is 0.848 bits per heavy atom. The summed E-state index contributed by atoms with van der Waals surface area (Å²) in [4.78, 5) is 28.7. The van der Waals surface area contributed by atoms with Crippen molar-refractivity contribution in [2.75, 3.05) is 95.3 Å². The van der Waals surface area contributed by atoms with Crippen molar-refractivity contribution >= 4 is 11.9 Å². The van der Waals surface area contributed by atoms with Gasteiger partial charge in [0.05, 0.1) is 24.3 Å². The van der Waals surface area contributed by atoms with Crippen molar-refractivity contribution in [1.29, 1.82) is 0 Å². The Morgan fingerprint density at radius 1 is 0.470 bits per heavy atom. The normalized spacial score (nSPS) is 18.1. The fourth-order valence-electron chi connectivity index (χ4n) is 6.39.